The molecular weight excluding hydrogens is 268 g/mol. The largest absolute Gasteiger partial charge is 0.494 e. The molecule has 0 saturated carbocycles. The molecule has 1 aromatic carbocycles. The Morgan fingerprint density at radius 2 is 2.06 bits per heavy atom. The fourth-order valence-corrected chi connectivity index (χ4v) is 1.86. The van der Waals surface area contributed by atoms with Crippen LogP contribution in [0.4, 0.5) is 0 Å². The maximum atomic E-state index is 11.8. The molecule has 0 aliphatic heterocycles. The molecule has 0 atom stereocenters. The molecule has 0 radical (unpaired) electrons. The van der Waals surface area contributed by atoms with E-state index < -0.39 is 0 Å². The van der Waals surface area contributed by atoms with Crippen molar-refractivity contribution in [2.75, 3.05) is 6.61 Å². The van der Waals surface area contributed by atoms with Crippen LogP contribution in [0.25, 0.3) is 0 Å². The zero-order chi connectivity index (χ0) is 12.0. The highest BCUT2D eigenvalue weighted by molar-refractivity contribution is 9.10. The second kappa shape index (κ2) is 6.69. The summed E-state index contributed by atoms with van der Waals surface area (Å²) in [6.45, 7) is 4.74. The van der Waals surface area contributed by atoms with E-state index in [0.29, 0.717) is 13.0 Å². The molecule has 3 heteroatoms. The second-order valence-electron chi connectivity index (χ2n) is 3.66. The van der Waals surface area contributed by atoms with Gasteiger partial charge >= 0.3 is 0 Å². The Morgan fingerprint density at radius 1 is 1.31 bits per heavy atom. The van der Waals surface area contributed by atoms with E-state index in [-0.39, 0.29) is 5.78 Å². The number of hydrogen-bond acceptors (Lipinski definition) is 2. The highest BCUT2D eigenvalue weighted by Gasteiger charge is 2.10. The minimum atomic E-state index is 0.163. The van der Waals surface area contributed by atoms with Gasteiger partial charge in [-0.25, -0.2) is 0 Å². The Labute approximate surface area is 105 Å². The van der Waals surface area contributed by atoms with Gasteiger partial charge in [0.15, 0.2) is 5.78 Å². The number of ether oxygens (including phenoxy) is 1. The predicted molar refractivity (Wildman–Crippen MR) is 69.2 cm³/mol. The summed E-state index contributed by atoms with van der Waals surface area (Å²) in [5.41, 5.74) is 0.718. The molecule has 0 bridgehead atoms. The van der Waals surface area contributed by atoms with Gasteiger partial charge in [0.2, 0.25) is 0 Å². The smallest absolute Gasteiger partial charge is 0.164 e. The van der Waals surface area contributed by atoms with Gasteiger partial charge in [0.1, 0.15) is 5.75 Å². The first-order chi connectivity index (χ1) is 7.69. The maximum Gasteiger partial charge on any atom is 0.164 e. The zero-order valence-electron chi connectivity index (χ0n) is 9.75. The van der Waals surface area contributed by atoms with Crippen molar-refractivity contribution >= 4 is 21.7 Å². The summed E-state index contributed by atoms with van der Waals surface area (Å²) in [5, 5.41) is 0. The quantitative estimate of drug-likeness (QED) is 0.731. The average molecular weight is 285 g/mol. The monoisotopic (exact) mass is 284 g/mol. The first kappa shape index (κ1) is 13.2. The Morgan fingerprint density at radius 3 is 2.69 bits per heavy atom. The summed E-state index contributed by atoms with van der Waals surface area (Å²) >= 11 is 3.39. The van der Waals surface area contributed by atoms with Gasteiger partial charge in [-0.1, -0.05) is 29.8 Å². The third-order valence-corrected chi connectivity index (χ3v) is 2.88. The lowest BCUT2D eigenvalue weighted by Gasteiger charge is -2.08. The Kier molecular flexibility index (Phi) is 5.53. The van der Waals surface area contributed by atoms with Crippen LogP contribution in [0.3, 0.4) is 0 Å². The number of benzene rings is 1. The molecule has 0 unspecified atom stereocenters. The Hall–Kier alpha value is -0.830. The Bertz CT molecular complexity index is 361. The molecule has 88 valence electrons. The fourth-order valence-electron chi connectivity index (χ4n) is 1.39. The molecule has 0 aliphatic carbocycles. The summed E-state index contributed by atoms with van der Waals surface area (Å²) < 4.78 is 6.35. The number of Topliss-reactive ketones (excluding diaryl/α,β-unsaturated/α-hetero) is 1. The van der Waals surface area contributed by atoms with E-state index in [4.69, 9.17) is 4.74 Å². The molecule has 0 heterocycles. The number of carbonyl (C=O) groups is 1. The van der Waals surface area contributed by atoms with Crippen molar-refractivity contribution in [1.29, 1.82) is 0 Å². The molecule has 1 rings (SSSR count). The van der Waals surface area contributed by atoms with Crippen LogP contribution in [0, 0.1) is 0 Å². The number of hydrogen-bond donors (Lipinski definition) is 0. The normalized spacial score (nSPS) is 10.2. The fraction of sp³-hybridized carbons (Fsp3) is 0.462. The van der Waals surface area contributed by atoms with E-state index >= 15 is 0 Å². The van der Waals surface area contributed by atoms with Crippen LogP contribution >= 0.6 is 15.9 Å². The van der Waals surface area contributed by atoms with Crippen molar-refractivity contribution in [2.45, 2.75) is 33.1 Å². The van der Waals surface area contributed by atoms with E-state index in [2.05, 4.69) is 22.9 Å². The number of rotatable bonds is 6. The first-order valence-corrected chi connectivity index (χ1v) is 6.43. The SMILES string of the molecule is CCCOc1ccc(Br)c(C(=O)CCC)c1. The molecule has 0 aromatic heterocycles. The summed E-state index contributed by atoms with van der Waals surface area (Å²) in [6.07, 6.45) is 2.41. The van der Waals surface area contributed by atoms with Crippen molar-refractivity contribution in [2.24, 2.45) is 0 Å². The average Bonchev–Trinajstić information content (AvgIpc) is 2.28. The second-order valence-corrected chi connectivity index (χ2v) is 4.52. The van der Waals surface area contributed by atoms with Crippen LogP contribution in [0.1, 0.15) is 43.5 Å². The van der Waals surface area contributed by atoms with E-state index in [9.17, 15) is 4.79 Å². The van der Waals surface area contributed by atoms with E-state index in [1.807, 2.05) is 25.1 Å². The Balaban J connectivity index is 2.85. The standard InChI is InChI=1S/C13H17BrO2/c1-3-5-13(15)11-9-10(16-8-4-2)6-7-12(11)14/h6-7,9H,3-5,8H2,1-2H3. The number of halogens is 1. The molecule has 0 fully saturated rings. The van der Waals surface area contributed by atoms with Crippen molar-refractivity contribution in [3.8, 4) is 5.75 Å². The van der Waals surface area contributed by atoms with Gasteiger partial charge in [0.05, 0.1) is 6.61 Å². The molecule has 0 spiro atoms. The van der Waals surface area contributed by atoms with Gasteiger partial charge in [0, 0.05) is 16.5 Å². The highest BCUT2D eigenvalue weighted by atomic mass is 79.9. The van der Waals surface area contributed by atoms with Crippen LogP contribution in [-0.2, 0) is 0 Å². The summed E-state index contributed by atoms with van der Waals surface area (Å²) in [7, 11) is 0. The van der Waals surface area contributed by atoms with Crippen LogP contribution in [0.2, 0.25) is 0 Å². The molecule has 16 heavy (non-hydrogen) atoms. The zero-order valence-corrected chi connectivity index (χ0v) is 11.3. The van der Waals surface area contributed by atoms with Crippen LogP contribution < -0.4 is 4.74 Å². The van der Waals surface area contributed by atoms with Crippen molar-refractivity contribution in [1.82, 2.24) is 0 Å². The summed E-state index contributed by atoms with van der Waals surface area (Å²) in [6, 6.07) is 5.56. The lowest BCUT2D eigenvalue weighted by atomic mass is 10.1. The van der Waals surface area contributed by atoms with Crippen LogP contribution in [-0.4, -0.2) is 12.4 Å². The van der Waals surface area contributed by atoms with Crippen molar-refractivity contribution < 1.29 is 9.53 Å². The minimum Gasteiger partial charge on any atom is -0.494 e. The molecule has 1 aromatic rings. The van der Waals surface area contributed by atoms with E-state index in [1.165, 1.54) is 0 Å². The number of carbonyl (C=O) groups excluding carboxylic acids is 1. The van der Waals surface area contributed by atoms with E-state index in [1.54, 1.807) is 0 Å². The molecule has 0 amide bonds. The summed E-state index contributed by atoms with van der Waals surface area (Å²) in [4.78, 5) is 11.8. The molecule has 2 nitrogen and oxygen atoms in total. The van der Waals surface area contributed by atoms with Gasteiger partial charge in [0.25, 0.3) is 0 Å². The van der Waals surface area contributed by atoms with Gasteiger partial charge in [-0.15, -0.1) is 0 Å². The minimum absolute atomic E-state index is 0.163. The van der Waals surface area contributed by atoms with Gasteiger partial charge < -0.3 is 4.74 Å². The summed E-state index contributed by atoms with van der Waals surface area (Å²) in [5.74, 6) is 0.931. The van der Waals surface area contributed by atoms with Gasteiger partial charge in [-0.2, -0.15) is 0 Å². The van der Waals surface area contributed by atoms with Gasteiger partial charge in [-0.05, 0) is 31.0 Å². The van der Waals surface area contributed by atoms with Crippen LogP contribution in [0.5, 0.6) is 5.75 Å². The molecule has 0 saturated heterocycles. The lowest BCUT2D eigenvalue weighted by molar-refractivity contribution is 0.0980. The lowest BCUT2D eigenvalue weighted by Crippen LogP contribution is -2.01. The molecular formula is C13H17BrO2. The maximum absolute atomic E-state index is 11.8. The van der Waals surface area contributed by atoms with Gasteiger partial charge in [-0.3, -0.25) is 4.79 Å². The molecule has 0 N–H and O–H groups in total. The van der Waals surface area contributed by atoms with E-state index in [0.717, 1.165) is 28.6 Å². The third-order valence-electron chi connectivity index (χ3n) is 2.19. The van der Waals surface area contributed by atoms with Crippen molar-refractivity contribution in [3.05, 3.63) is 28.2 Å². The van der Waals surface area contributed by atoms with Crippen LogP contribution in [0.15, 0.2) is 22.7 Å². The topological polar surface area (TPSA) is 26.3 Å². The molecule has 0 aliphatic rings. The van der Waals surface area contributed by atoms with Crippen molar-refractivity contribution in [3.63, 3.8) is 0 Å². The predicted octanol–water partition coefficient (Wildman–Crippen LogP) is 4.22. The third kappa shape index (κ3) is 3.63. The highest BCUT2D eigenvalue weighted by Crippen LogP contribution is 2.24. The first-order valence-electron chi connectivity index (χ1n) is 5.64. The number of ketones is 1.